The lowest BCUT2D eigenvalue weighted by molar-refractivity contribution is 0.0860. The Balaban J connectivity index is 1.36. The third-order valence-electron chi connectivity index (χ3n) is 5.86. The Hall–Kier alpha value is -2.90. The molecule has 6 nitrogen and oxygen atoms in total. The van der Waals surface area contributed by atoms with Crippen molar-refractivity contribution in [2.45, 2.75) is 58.2 Å². The first kappa shape index (κ1) is 24.2. The molecule has 0 bridgehead atoms. The van der Waals surface area contributed by atoms with Gasteiger partial charge in [-0.3, -0.25) is 9.59 Å². The fourth-order valence-corrected chi connectivity index (χ4v) is 5.16. The van der Waals surface area contributed by atoms with E-state index in [9.17, 15) is 9.59 Å². The number of benzene rings is 2. The van der Waals surface area contributed by atoms with Crippen LogP contribution in [0.5, 0.6) is 5.75 Å². The minimum atomic E-state index is -0.238. The number of carbonyl (C=O) groups excluding carboxylic acids is 2. The van der Waals surface area contributed by atoms with Crippen molar-refractivity contribution in [3.8, 4) is 5.75 Å². The number of rotatable bonds is 7. The quantitative estimate of drug-likeness (QED) is 0.454. The number of thiazole rings is 1. The Morgan fingerprint density at radius 2 is 1.68 bits per heavy atom. The van der Waals surface area contributed by atoms with Crippen LogP contribution in [0, 0.1) is 13.8 Å². The van der Waals surface area contributed by atoms with Crippen molar-refractivity contribution in [1.82, 2.24) is 15.6 Å². The molecule has 0 saturated heterocycles. The number of ether oxygens (including phenoxy) is 1. The van der Waals surface area contributed by atoms with Crippen LogP contribution in [-0.4, -0.2) is 28.9 Å². The van der Waals surface area contributed by atoms with Gasteiger partial charge in [-0.1, -0.05) is 42.6 Å². The molecule has 0 radical (unpaired) electrons. The van der Waals surface area contributed by atoms with Gasteiger partial charge in [0.05, 0.1) is 10.6 Å². The Morgan fingerprint density at radius 1 is 1.03 bits per heavy atom. The molecule has 2 aromatic carbocycles. The molecule has 178 valence electrons. The fraction of sp³-hybridized carbons (Fsp3) is 0.346. The predicted molar refractivity (Wildman–Crippen MR) is 135 cm³/mol. The number of halogens is 1. The van der Waals surface area contributed by atoms with Gasteiger partial charge in [0.2, 0.25) is 0 Å². The zero-order valence-corrected chi connectivity index (χ0v) is 20.8. The molecule has 2 atom stereocenters. The summed E-state index contributed by atoms with van der Waals surface area (Å²) in [7, 11) is 0. The minimum Gasteiger partial charge on any atom is -0.486 e. The molecule has 0 spiro atoms. The second-order valence-corrected chi connectivity index (χ2v) is 10.0. The average Bonchev–Trinajstić information content (AvgIpc) is 3.28. The maximum Gasteiger partial charge on any atom is 0.271 e. The zero-order chi connectivity index (χ0) is 24.1. The van der Waals surface area contributed by atoms with Crippen LogP contribution in [0.2, 0.25) is 5.02 Å². The fourth-order valence-electron chi connectivity index (χ4n) is 4.25. The molecule has 1 aliphatic rings. The van der Waals surface area contributed by atoms with E-state index in [-0.39, 0.29) is 23.9 Å². The van der Waals surface area contributed by atoms with Crippen molar-refractivity contribution >= 4 is 34.8 Å². The van der Waals surface area contributed by atoms with Gasteiger partial charge in [-0.2, -0.15) is 0 Å². The van der Waals surface area contributed by atoms with Crippen LogP contribution in [0.15, 0.2) is 47.8 Å². The van der Waals surface area contributed by atoms with Crippen LogP contribution in [0.1, 0.15) is 62.7 Å². The van der Waals surface area contributed by atoms with Crippen LogP contribution in [0.4, 0.5) is 0 Å². The largest absolute Gasteiger partial charge is 0.486 e. The number of aromatic nitrogens is 1. The summed E-state index contributed by atoms with van der Waals surface area (Å²) in [4.78, 5) is 30.1. The maximum atomic E-state index is 12.9. The molecule has 1 saturated carbocycles. The Kier molecular flexibility index (Phi) is 7.85. The van der Waals surface area contributed by atoms with Gasteiger partial charge in [-0.25, -0.2) is 4.98 Å². The summed E-state index contributed by atoms with van der Waals surface area (Å²) in [6, 6.07) is 12.7. The van der Waals surface area contributed by atoms with Gasteiger partial charge < -0.3 is 15.4 Å². The Morgan fingerprint density at radius 3 is 2.35 bits per heavy atom. The SMILES string of the molecule is Cc1cc(C)cc(OCc2nc(C(=O)N[C@@H]3CCCC[C@@H]3NC(=O)c3ccccc3Cl)cs2)c1. The van der Waals surface area contributed by atoms with E-state index in [4.69, 9.17) is 16.3 Å². The van der Waals surface area contributed by atoms with Crippen molar-refractivity contribution in [1.29, 1.82) is 0 Å². The van der Waals surface area contributed by atoms with Gasteiger partial charge in [-0.05, 0) is 62.1 Å². The normalized spacial score (nSPS) is 17.7. The first-order valence-electron chi connectivity index (χ1n) is 11.4. The second-order valence-electron chi connectivity index (χ2n) is 8.66. The third kappa shape index (κ3) is 6.15. The lowest BCUT2D eigenvalue weighted by Crippen LogP contribution is -2.53. The van der Waals surface area contributed by atoms with E-state index in [1.165, 1.54) is 11.3 Å². The summed E-state index contributed by atoms with van der Waals surface area (Å²) in [5.41, 5.74) is 3.08. The highest BCUT2D eigenvalue weighted by atomic mass is 35.5. The molecule has 1 heterocycles. The van der Waals surface area contributed by atoms with Crippen molar-refractivity contribution in [2.75, 3.05) is 0 Å². The van der Waals surface area contributed by atoms with Gasteiger partial charge in [0.1, 0.15) is 23.1 Å². The molecule has 2 N–H and O–H groups in total. The molecule has 1 fully saturated rings. The molecular weight excluding hydrogens is 470 g/mol. The summed E-state index contributed by atoms with van der Waals surface area (Å²) < 4.78 is 5.87. The van der Waals surface area contributed by atoms with Gasteiger partial charge in [0.15, 0.2) is 0 Å². The van der Waals surface area contributed by atoms with E-state index in [0.717, 1.165) is 47.6 Å². The number of nitrogens with one attached hydrogen (secondary N) is 2. The van der Waals surface area contributed by atoms with Crippen LogP contribution in [-0.2, 0) is 6.61 Å². The minimum absolute atomic E-state index is 0.160. The Labute approximate surface area is 208 Å². The molecule has 34 heavy (non-hydrogen) atoms. The first-order valence-corrected chi connectivity index (χ1v) is 12.7. The van der Waals surface area contributed by atoms with Crippen LogP contribution in [0.3, 0.4) is 0 Å². The van der Waals surface area contributed by atoms with Gasteiger partial charge in [0.25, 0.3) is 11.8 Å². The van der Waals surface area contributed by atoms with E-state index < -0.39 is 0 Å². The standard InChI is InChI=1S/C26H28ClN3O3S/c1-16-11-17(2)13-18(12-16)33-14-24-28-23(15-34-24)26(32)30-22-10-6-5-9-21(22)29-25(31)19-7-3-4-8-20(19)27/h3-4,7-8,11-13,15,21-22H,5-6,9-10,14H2,1-2H3,(H,29,31)(H,30,32)/t21-,22+/m0/s1. The molecule has 0 unspecified atom stereocenters. The first-order chi connectivity index (χ1) is 16.4. The summed E-state index contributed by atoms with van der Waals surface area (Å²) >= 11 is 7.57. The zero-order valence-electron chi connectivity index (χ0n) is 19.3. The highest BCUT2D eigenvalue weighted by Gasteiger charge is 2.29. The number of carbonyl (C=O) groups is 2. The molecule has 8 heteroatoms. The number of hydrogen-bond acceptors (Lipinski definition) is 5. The van der Waals surface area contributed by atoms with E-state index in [1.807, 2.05) is 26.0 Å². The molecule has 1 aromatic heterocycles. The van der Waals surface area contributed by atoms with E-state index in [2.05, 4.69) is 21.7 Å². The number of amides is 2. The Bertz CT molecular complexity index is 1160. The van der Waals surface area contributed by atoms with Crippen molar-refractivity contribution in [2.24, 2.45) is 0 Å². The summed E-state index contributed by atoms with van der Waals surface area (Å²) in [6.07, 6.45) is 3.59. The molecule has 1 aliphatic carbocycles. The smallest absolute Gasteiger partial charge is 0.271 e. The molecule has 4 rings (SSSR count). The lowest BCUT2D eigenvalue weighted by atomic mass is 9.90. The average molecular weight is 498 g/mol. The molecule has 0 aliphatic heterocycles. The lowest BCUT2D eigenvalue weighted by Gasteiger charge is -2.32. The summed E-state index contributed by atoms with van der Waals surface area (Å²) in [6.45, 7) is 4.36. The summed E-state index contributed by atoms with van der Waals surface area (Å²) in [5.74, 6) is 0.326. The second kappa shape index (κ2) is 11.0. The van der Waals surface area contributed by atoms with Crippen molar-refractivity contribution in [3.05, 3.63) is 80.3 Å². The van der Waals surface area contributed by atoms with E-state index in [1.54, 1.807) is 29.6 Å². The maximum absolute atomic E-state index is 12.9. The van der Waals surface area contributed by atoms with Crippen molar-refractivity contribution in [3.63, 3.8) is 0 Å². The number of nitrogens with zero attached hydrogens (tertiary/aromatic N) is 1. The monoisotopic (exact) mass is 497 g/mol. The van der Waals surface area contributed by atoms with Gasteiger partial charge in [-0.15, -0.1) is 11.3 Å². The molecule has 2 amide bonds. The number of aryl methyl sites for hydroxylation is 2. The topological polar surface area (TPSA) is 80.3 Å². The van der Waals surface area contributed by atoms with Gasteiger partial charge >= 0.3 is 0 Å². The number of hydrogen-bond donors (Lipinski definition) is 2. The summed E-state index contributed by atoms with van der Waals surface area (Å²) in [5, 5.41) is 9.03. The van der Waals surface area contributed by atoms with E-state index >= 15 is 0 Å². The molecule has 3 aromatic rings. The highest BCUT2D eigenvalue weighted by Crippen LogP contribution is 2.22. The van der Waals surface area contributed by atoms with Crippen LogP contribution >= 0.6 is 22.9 Å². The third-order valence-corrected chi connectivity index (χ3v) is 7.01. The van der Waals surface area contributed by atoms with Gasteiger partial charge in [0, 0.05) is 17.5 Å². The van der Waals surface area contributed by atoms with E-state index in [0.29, 0.717) is 22.9 Å². The van der Waals surface area contributed by atoms with Crippen LogP contribution < -0.4 is 15.4 Å². The predicted octanol–water partition coefficient (Wildman–Crippen LogP) is 5.46. The van der Waals surface area contributed by atoms with Crippen molar-refractivity contribution < 1.29 is 14.3 Å². The highest BCUT2D eigenvalue weighted by molar-refractivity contribution is 7.09. The molecular formula is C26H28ClN3O3S. The van der Waals surface area contributed by atoms with Crippen LogP contribution in [0.25, 0.3) is 0 Å².